The van der Waals surface area contributed by atoms with Gasteiger partial charge in [0.25, 0.3) is 0 Å². The molecule has 1 aromatic heterocycles. The second-order valence-electron chi connectivity index (χ2n) is 4.31. The minimum Gasteiger partial charge on any atom is -0.423 e. The molecule has 1 heterocycles. The lowest BCUT2D eigenvalue weighted by Gasteiger charge is -2.07. The summed E-state index contributed by atoms with van der Waals surface area (Å²) in [5, 5.41) is 11.0. The lowest BCUT2D eigenvalue weighted by molar-refractivity contribution is 0.568. The molecule has 0 spiro atoms. The van der Waals surface area contributed by atoms with Crippen molar-refractivity contribution < 1.29 is 4.42 Å². The molecule has 0 amide bonds. The molecule has 0 bridgehead atoms. The summed E-state index contributed by atoms with van der Waals surface area (Å²) in [6.07, 6.45) is 1.33. The molecular weight excluding hydrogens is 318 g/mol. The Hall–Kier alpha value is -2.14. The first-order valence-corrected chi connectivity index (χ1v) is 6.95. The van der Waals surface area contributed by atoms with Crippen LogP contribution in [0.15, 0.2) is 63.8 Å². The van der Waals surface area contributed by atoms with Crippen LogP contribution in [-0.4, -0.2) is 10.2 Å². The highest BCUT2D eigenvalue weighted by molar-refractivity contribution is 9.10. The van der Waals surface area contributed by atoms with Crippen molar-refractivity contribution >= 4 is 21.6 Å². The van der Waals surface area contributed by atoms with Gasteiger partial charge in [0.15, 0.2) is 0 Å². The summed E-state index contributed by atoms with van der Waals surface area (Å²) in [6.45, 7) is 0.757. The Morgan fingerprint density at radius 2 is 2.00 bits per heavy atom. The van der Waals surface area contributed by atoms with Gasteiger partial charge in [-0.25, -0.2) is 0 Å². The summed E-state index contributed by atoms with van der Waals surface area (Å²) in [4.78, 5) is 0. The number of nitrogens with one attached hydrogen (secondary N) is 1. The Kier molecular flexibility index (Phi) is 3.78. The molecule has 0 fully saturated rings. The maximum absolute atomic E-state index is 5.20. The summed E-state index contributed by atoms with van der Waals surface area (Å²) in [7, 11) is 0. The van der Waals surface area contributed by atoms with E-state index in [2.05, 4.69) is 43.6 Å². The first kappa shape index (κ1) is 12.9. The molecule has 0 aliphatic heterocycles. The topological polar surface area (TPSA) is 51.0 Å². The molecule has 4 nitrogen and oxygen atoms in total. The smallest absolute Gasteiger partial charge is 0.247 e. The van der Waals surface area contributed by atoms with Crippen LogP contribution < -0.4 is 5.32 Å². The second-order valence-corrected chi connectivity index (χ2v) is 5.22. The van der Waals surface area contributed by atoms with Crippen LogP contribution in [-0.2, 0) is 6.54 Å². The Bertz CT molecular complexity index is 698. The molecule has 3 rings (SSSR count). The van der Waals surface area contributed by atoms with Crippen molar-refractivity contribution in [2.75, 3.05) is 5.32 Å². The van der Waals surface area contributed by atoms with Crippen molar-refractivity contribution in [1.82, 2.24) is 10.2 Å². The maximum Gasteiger partial charge on any atom is 0.247 e. The fraction of sp³-hybridized carbons (Fsp3) is 0.0667. The third-order valence-corrected chi connectivity index (χ3v) is 3.35. The molecule has 100 valence electrons. The molecule has 0 saturated heterocycles. The van der Waals surface area contributed by atoms with Crippen molar-refractivity contribution in [2.24, 2.45) is 0 Å². The average Bonchev–Trinajstić information content (AvgIpc) is 3.00. The Labute approximate surface area is 125 Å². The number of rotatable bonds is 4. The summed E-state index contributed by atoms with van der Waals surface area (Å²) in [5.74, 6) is 0.524. The highest BCUT2D eigenvalue weighted by Crippen LogP contribution is 2.21. The van der Waals surface area contributed by atoms with Crippen molar-refractivity contribution in [3.8, 4) is 11.5 Å². The zero-order valence-electron chi connectivity index (χ0n) is 10.6. The predicted molar refractivity (Wildman–Crippen MR) is 81.2 cm³/mol. The van der Waals surface area contributed by atoms with E-state index < -0.39 is 0 Å². The van der Waals surface area contributed by atoms with Gasteiger partial charge in [-0.1, -0.05) is 34.1 Å². The molecule has 0 saturated carbocycles. The van der Waals surface area contributed by atoms with Crippen LogP contribution in [0, 0.1) is 0 Å². The van der Waals surface area contributed by atoms with Gasteiger partial charge in [-0.3, -0.25) is 0 Å². The molecule has 0 radical (unpaired) electrons. The monoisotopic (exact) mass is 329 g/mol. The van der Waals surface area contributed by atoms with E-state index in [9.17, 15) is 0 Å². The van der Waals surface area contributed by atoms with Crippen molar-refractivity contribution in [3.63, 3.8) is 0 Å². The Morgan fingerprint density at radius 1 is 1.10 bits per heavy atom. The van der Waals surface area contributed by atoms with Crippen LogP contribution in [0.4, 0.5) is 5.69 Å². The normalized spacial score (nSPS) is 10.4. The summed E-state index contributed by atoms with van der Waals surface area (Å²) in [5.41, 5.74) is 3.13. The quantitative estimate of drug-likeness (QED) is 0.782. The number of halogens is 1. The van der Waals surface area contributed by atoms with E-state index in [-0.39, 0.29) is 0 Å². The Balaban J connectivity index is 1.73. The van der Waals surface area contributed by atoms with Gasteiger partial charge in [-0.15, -0.1) is 10.2 Å². The fourth-order valence-electron chi connectivity index (χ4n) is 1.91. The number of benzene rings is 2. The third kappa shape index (κ3) is 3.05. The van der Waals surface area contributed by atoms with Crippen LogP contribution in [0.5, 0.6) is 0 Å². The largest absolute Gasteiger partial charge is 0.423 e. The SMILES string of the molecule is Brc1cccc(CNc2cccc(-c3nnco3)c2)c1. The fourth-order valence-corrected chi connectivity index (χ4v) is 2.36. The van der Waals surface area contributed by atoms with Gasteiger partial charge in [0.05, 0.1) is 0 Å². The lowest BCUT2D eigenvalue weighted by atomic mass is 10.2. The molecule has 0 aliphatic rings. The van der Waals surface area contributed by atoms with Crippen LogP contribution in [0.25, 0.3) is 11.5 Å². The number of hydrogen-bond acceptors (Lipinski definition) is 4. The number of hydrogen-bond donors (Lipinski definition) is 1. The van der Waals surface area contributed by atoms with Gasteiger partial charge in [-0.2, -0.15) is 0 Å². The third-order valence-electron chi connectivity index (χ3n) is 2.86. The molecule has 0 unspecified atom stereocenters. The van der Waals surface area contributed by atoms with Gasteiger partial charge in [-0.05, 0) is 35.9 Å². The van der Waals surface area contributed by atoms with Crippen LogP contribution in [0.1, 0.15) is 5.56 Å². The molecule has 1 N–H and O–H groups in total. The highest BCUT2D eigenvalue weighted by Gasteiger charge is 2.04. The van der Waals surface area contributed by atoms with Crippen molar-refractivity contribution in [2.45, 2.75) is 6.54 Å². The second kappa shape index (κ2) is 5.88. The van der Waals surface area contributed by atoms with Gasteiger partial charge < -0.3 is 9.73 Å². The predicted octanol–water partition coefficient (Wildman–Crippen LogP) is 4.11. The highest BCUT2D eigenvalue weighted by atomic mass is 79.9. The standard InChI is InChI=1S/C15H12BrN3O/c16-13-5-1-3-11(7-13)9-17-14-6-2-4-12(8-14)15-19-18-10-20-15/h1-8,10,17H,9H2. The molecule has 2 aromatic carbocycles. The average molecular weight is 330 g/mol. The summed E-state index contributed by atoms with van der Waals surface area (Å²) in [6, 6.07) is 16.1. The molecule has 20 heavy (non-hydrogen) atoms. The van der Waals surface area contributed by atoms with Crippen molar-refractivity contribution in [1.29, 1.82) is 0 Å². The van der Waals surface area contributed by atoms with Gasteiger partial charge in [0.2, 0.25) is 12.3 Å². The van der Waals surface area contributed by atoms with E-state index >= 15 is 0 Å². The van der Waals surface area contributed by atoms with E-state index in [1.165, 1.54) is 12.0 Å². The van der Waals surface area contributed by atoms with Gasteiger partial charge in [0.1, 0.15) is 0 Å². The van der Waals surface area contributed by atoms with Gasteiger partial charge >= 0.3 is 0 Å². The summed E-state index contributed by atoms with van der Waals surface area (Å²) >= 11 is 3.47. The van der Waals surface area contributed by atoms with Crippen LogP contribution in [0.3, 0.4) is 0 Å². The number of anilines is 1. The first-order chi connectivity index (χ1) is 9.81. The minimum absolute atomic E-state index is 0.524. The minimum atomic E-state index is 0.524. The molecule has 0 aliphatic carbocycles. The van der Waals surface area contributed by atoms with E-state index in [1.807, 2.05) is 36.4 Å². The van der Waals surface area contributed by atoms with E-state index in [4.69, 9.17) is 4.42 Å². The molecule has 5 heteroatoms. The van der Waals surface area contributed by atoms with E-state index in [0.29, 0.717) is 5.89 Å². The lowest BCUT2D eigenvalue weighted by Crippen LogP contribution is -1.99. The molecule has 3 aromatic rings. The van der Waals surface area contributed by atoms with E-state index in [1.54, 1.807) is 0 Å². The summed E-state index contributed by atoms with van der Waals surface area (Å²) < 4.78 is 6.28. The van der Waals surface area contributed by atoms with E-state index in [0.717, 1.165) is 22.3 Å². The van der Waals surface area contributed by atoms with Crippen LogP contribution in [0.2, 0.25) is 0 Å². The van der Waals surface area contributed by atoms with Gasteiger partial charge in [0, 0.05) is 22.3 Å². The Morgan fingerprint density at radius 3 is 2.80 bits per heavy atom. The van der Waals surface area contributed by atoms with Crippen molar-refractivity contribution in [3.05, 3.63) is 65.0 Å². The maximum atomic E-state index is 5.20. The molecule has 0 atom stereocenters. The number of nitrogens with zero attached hydrogens (tertiary/aromatic N) is 2. The number of aromatic nitrogens is 2. The zero-order valence-corrected chi connectivity index (χ0v) is 12.2. The van der Waals surface area contributed by atoms with Crippen LogP contribution >= 0.6 is 15.9 Å². The molecular formula is C15H12BrN3O. The zero-order chi connectivity index (χ0) is 13.8. The first-order valence-electron chi connectivity index (χ1n) is 6.16.